The first kappa shape index (κ1) is 21.2. The summed E-state index contributed by atoms with van der Waals surface area (Å²) in [5, 5.41) is 11.0. The van der Waals surface area contributed by atoms with Crippen LogP contribution in [-0.2, 0) is 13.6 Å². The fraction of sp³-hybridized carbons (Fsp3) is 0.765. The molecule has 1 aliphatic heterocycles. The van der Waals surface area contributed by atoms with Gasteiger partial charge in [0.05, 0.1) is 12.2 Å². The van der Waals surface area contributed by atoms with Gasteiger partial charge >= 0.3 is 0 Å². The second-order valence-electron chi connectivity index (χ2n) is 6.86. The first-order chi connectivity index (χ1) is 11.0. The zero-order valence-corrected chi connectivity index (χ0v) is 17.8. The maximum atomic E-state index is 4.68. The second kappa shape index (κ2) is 10.2. The minimum absolute atomic E-state index is 0. The van der Waals surface area contributed by atoms with Gasteiger partial charge in [0, 0.05) is 31.9 Å². The van der Waals surface area contributed by atoms with E-state index in [0.717, 1.165) is 24.7 Å². The molecule has 7 heteroatoms. The highest BCUT2D eigenvalue weighted by atomic mass is 127. The minimum atomic E-state index is 0. The molecule has 1 saturated heterocycles. The van der Waals surface area contributed by atoms with Crippen molar-refractivity contribution in [1.29, 1.82) is 0 Å². The number of halogens is 1. The molecule has 2 rings (SSSR count). The third-order valence-electron chi connectivity index (χ3n) is 4.57. The van der Waals surface area contributed by atoms with Gasteiger partial charge in [0.15, 0.2) is 5.96 Å². The summed E-state index contributed by atoms with van der Waals surface area (Å²) >= 11 is 0. The van der Waals surface area contributed by atoms with Crippen molar-refractivity contribution < 1.29 is 0 Å². The number of likely N-dealkylation sites (tertiary alicyclic amines) is 1. The van der Waals surface area contributed by atoms with Gasteiger partial charge in [-0.3, -0.25) is 9.58 Å². The fourth-order valence-corrected chi connectivity index (χ4v) is 2.97. The molecule has 0 aliphatic carbocycles. The number of piperidine rings is 1. The van der Waals surface area contributed by atoms with Crippen LogP contribution in [0.1, 0.15) is 45.7 Å². The van der Waals surface area contributed by atoms with Gasteiger partial charge in [-0.05, 0) is 52.8 Å². The van der Waals surface area contributed by atoms with Crippen LogP contribution >= 0.6 is 24.0 Å². The second-order valence-corrected chi connectivity index (χ2v) is 6.86. The van der Waals surface area contributed by atoms with E-state index in [1.807, 2.05) is 24.0 Å². The zero-order chi connectivity index (χ0) is 16.7. The smallest absolute Gasteiger partial charge is 0.191 e. The number of hydrogen-bond donors (Lipinski definition) is 2. The molecule has 1 fully saturated rings. The van der Waals surface area contributed by atoms with Gasteiger partial charge in [0.25, 0.3) is 0 Å². The maximum absolute atomic E-state index is 4.68. The van der Waals surface area contributed by atoms with E-state index in [-0.39, 0.29) is 29.5 Å². The number of guanidine groups is 1. The van der Waals surface area contributed by atoms with Gasteiger partial charge in [-0.1, -0.05) is 6.42 Å². The van der Waals surface area contributed by atoms with E-state index in [0.29, 0.717) is 6.54 Å². The zero-order valence-electron chi connectivity index (χ0n) is 15.5. The molecule has 0 aromatic carbocycles. The topological polar surface area (TPSA) is 57.5 Å². The van der Waals surface area contributed by atoms with Gasteiger partial charge in [-0.15, -0.1) is 24.0 Å². The fourth-order valence-electron chi connectivity index (χ4n) is 2.97. The number of aliphatic imine (C=N–C) groups is 1. The highest BCUT2D eigenvalue weighted by Crippen LogP contribution is 2.19. The van der Waals surface area contributed by atoms with E-state index in [1.165, 1.54) is 32.4 Å². The Morgan fingerprint density at radius 3 is 2.54 bits per heavy atom. The molecular formula is C17H33IN6. The predicted molar refractivity (Wildman–Crippen MR) is 111 cm³/mol. The van der Waals surface area contributed by atoms with Crippen LogP contribution in [0, 0.1) is 0 Å². The Morgan fingerprint density at radius 1 is 1.25 bits per heavy atom. The summed E-state index contributed by atoms with van der Waals surface area (Å²) in [5.74, 6) is 0.874. The van der Waals surface area contributed by atoms with Crippen molar-refractivity contribution in [3.8, 4) is 0 Å². The number of aryl methyl sites for hydroxylation is 1. The van der Waals surface area contributed by atoms with Crippen molar-refractivity contribution in [2.75, 3.05) is 26.2 Å². The van der Waals surface area contributed by atoms with Gasteiger partial charge in [-0.25, -0.2) is 4.99 Å². The van der Waals surface area contributed by atoms with Crippen molar-refractivity contribution in [3.63, 3.8) is 0 Å². The normalized spacial score (nSPS) is 16.6. The molecule has 0 atom stereocenters. The number of aromatic nitrogens is 2. The van der Waals surface area contributed by atoms with Gasteiger partial charge in [0.2, 0.25) is 0 Å². The lowest BCUT2D eigenvalue weighted by molar-refractivity contribution is 0.0982. The number of rotatable bonds is 6. The van der Waals surface area contributed by atoms with Crippen LogP contribution in [0.2, 0.25) is 0 Å². The molecule has 138 valence electrons. The number of nitrogens with zero attached hydrogens (tertiary/aromatic N) is 4. The minimum Gasteiger partial charge on any atom is -0.357 e. The molecule has 1 aromatic heterocycles. The Bertz CT molecular complexity index is 505. The Labute approximate surface area is 163 Å². The van der Waals surface area contributed by atoms with Crippen LogP contribution in [0.5, 0.6) is 0 Å². The van der Waals surface area contributed by atoms with Crippen LogP contribution < -0.4 is 10.6 Å². The molecule has 0 radical (unpaired) electrons. The molecule has 2 heterocycles. The van der Waals surface area contributed by atoms with Gasteiger partial charge < -0.3 is 10.6 Å². The van der Waals surface area contributed by atoms with E-state index in [9.17, 15) is 0 Å². The molecule has 6 nitrogen and oxygen atoms in total. The highest BCUT2D eigenvalue weighted by Gasteiger charge is 2.27. The Morgan fingerprint density at radius 2 is 1.96 bits per heavy atom. The lowest BCUT2D eigenvalue weighted by atomic mass is 9.98. The molecule has 2 N–H and O–H groups in total. The summed E-state index contributed by atoms with van der Waals surface area (Å²) in [6, 6.07) is 2.00. The average molecular weight is 448 g/mol. The van der Waals surface area contributed by atoms with Gasteiger partial charge in [-0.2, -0.15) is 5.10 Å². The molecule has 0 saturated carbocycles. The lowest BCUT2D eigenvalue weighted by Gasteiger charge is -2.41. The summed E-state index contributed by atoms with van der Waals surface area (Å²) in [7, 11) is 1.95. The van der Waals surface area contributed by atoms with E-state index < -0.39 is 0 Å². The highest BCUT2D eigenvalue weighted by molar-refractivity contribution is 14.0. The van der Waals surface area contributed by atoms with Crippen LogP contribution in [-0.4, -0.2) is 52.4 Å². The SMILES string of the molecule is CCNC(=NCc1ccnn1C)NCC(C)(C)N1CCCCC1.I. The van der Waals surface area contributed by atoms with Crippen molar-refractivity contribution >= 4 is 29.9 Å². The summed E-state index contributed by atoms with van der Waals surface area (Å²) in [5.41, 5.74) is 1.25. The summed E-state index contributed by atoms with van der Waals surface area (Å²) in [6.07, 6.45) is 5.82. The Kier molecular flexibility index (Phi) is 9.04. The molecule has 0 spiro atoms. The first-order valence-corrected chi connectivity index (χ1v) is 8.77. The molecule has 0 unspecified atom stereocenters. The van der Waals surface area contributed by atoms with Crippen LogP contribution in [0.25, 0.3) is 0 Å². The van der Waals surface area contributed by atoms with Gasteiger partial charge in [0.1, 0.15) is 0 Å². The average Bonchev–Trinajstić information content (AvgIpc) is 2.96. The third kappa shape index (κ3) is 6.23. The Hall–Kier alpha value is -0.830. The number of nitrogens with one attached hydrogen (secondary N) is 2. The Balaban J connectivity index is 0.00000288. The van der Waals surface area contributed by atoms with Crippen LogP contribution in [0.3, 0.4) is 0 Å². The van der Waals surface area contributed by atoms with Crippen molar-refractivity contribution in [3.05, 3.63) is 18.0 Å². The predicted octanol–water partition coefficient (Wildman–Crippen LogP) is 2.36. The maximum Gasteiger partial charge on any atom is 0.191 e. The largest absolute Gasteiger partial charge is 0.357 e. The molecule has 1 aromatic rings. The monoisotopic (exact) mass is 448 g/mol. The molecule has 1 aliphatic rings. The van der Waals surface area contributed by atoms with Crippen molar-refractivity contribution in [2.24, 2.45) is 12.0 Å². The summed E-state index contributed by atoms with van der Waals surface area (Å²) in [4.78, 5) is 7.27. The van der Waals surface area contributed by atoms with Crippen LogP contribution in [0.4, 0.5) is 0 Å². The molecule has 0 bridgehead atoms. The van der Waals surface area contributed by atoms with E-state index in [1.54, 1.807) is 0 Å². The number of hydrogen-bond acceptors (Lipinski definition) is 3. The van der Waals surface area contributed by atoms with E-state index >= 15 is 0 Å². The standard InChI is InChI=1S/C17H32N6.HI/c1-5-18-16(19-13-15-9-10-21-22(15)4)20-14-17(2,3)23-11-7-6-8-12-23;/h9-10H,5-8,11-14H2,1-4H3,(H2,18,19,20);1H. The van der Waals surface area contributed by atoms with E-state index in [4.69, 9.17) is 0 Å². The van der Waals surface area contributed by atoms with Crippen LogP contribution in [0.15, 0.2) is 17.3 Å². The quantitative estimate of drug-likeness (QED) is 0.399. The molecular weight excluding hydrogens is 415 g/mol. The van der Waals surface area contributed by atoms with Crippen molar-refractivity contribution in [2.45, 2.75) is 52.1 Å². The lowest BCUT2D eigenvalue weighted by Crippen LogP contribution is -2.54. The third-order valence-corrected chi connectivity index (χ3v) is 4.57. The van der Waals surface area contributed by atoms with E-state index in [2.05, 4.69) is 46.4 Å². The summed E-state index contributed by atoms with van der Waals surface area (Å²) < 4.78 is 1.87. The molecule has 0 amide bonds. The molecule has 24 heavy (non-hydrogen) atoms. The first-order valence-electron chi connectivity index (χ1n) is 8.77. The van der Waals surface area contributed by atoms with Crippen molar-refractivity contribution in [1.82, 2.24) is 25.3 Å². The summed E-state index contributed by atoms with van der Waals surface area (Å²) in [6.45, 7) is 11.5.